The molecule has 0 unspecified atom stereocenters. The summed E-state index contributed by atoms with van der Waals surface area (Å²) in [5, 5.41) is 0. The van der Waals surface area contributed by atoms with Crippen molar-refractivity contribution in [3.8, 4) is 0 Å². The summed E-state index contributed by atoms with van der Waals surface area (Å²) < 4.78 is 5.52. The first kappa shape index (κ1) is 12.2. The molecule has 1 heteroatoms. The normalized spacial score (nSPS) is 19.0. The third kappa shape index (κ3) is 1.85. The molecule has 0 N–H and O–H groups in total. The molecule has 0 atom stereocenters. The van der Waals surface area contributed by atoms with E-state index in [1.807, 2.05) is 0 Å². The molecule has 2 aliphatic carbocycles. The van der Waals surface area contributed by atoms with Gasteiger partial charge in [0.25, 0.3) is 0 Å². The maximum absolute atomic E-state index is 5.52. The lowest BCUT2D eigenvalue weighted by Crippen LogP contribution is -2.02. The van der Waals surface area contributed by atoms with E-state index in [0.717, 1.165) is 12.2 Å². The number of ether oxygens (including phenoxy) is 1. The summed E-state index contributed by atoms with van der Waals surface area (Å²) in [6, 6.07) is 17.1. The Balaban J connectivity index is 1.95. The summed E-state index contributed by atoms with van der Waals surface area (Å²) in [4.78, 5) is 0. The molecular formula is C20H16O. The topological polar surface area (TPSA) is 9.23 Å². The maximum Gasteiger partial charge on any atom is 0.123 e. The fourth-order valence-corrected chi connectivity index (χ4v) is 3.24. The monoisotopic (exact) mass is 272 g/mol. The molecule has 0 heterocycles. The van der Waals surface area contributed by atoms with E-state index in [0.29, 0.717) is 0 Å². The van der Waals surface area contributed by atoms with Crippen LogP contribution in [0.5, 0.6) is 0 Å². The lowest BCUT2D eigenvalue weighted by molar-refractivity contribution is 0.368. The van der Waals surface area contributed by atoms with Gasteiger partial charge < -0.3 is 4.74 Å². The number of rotatable bonds is 1. The summed E-state index contributed by atoms with van der Waals surface area (Å²) in [5.41, 5.74) is 7.83. The molecule has 21 heavy (non-hydrogen) atoms. The van der Waals surface area contributed by atoms with Crippen molar-refractivity contribution in [2.75, 3.05) is 7.11 Å². The van der Waals surface area contributed by atoms with Crippen molar-refractivity contribution < 1.29 is 4.74 Å². The molecular weight excluding hydrogens is 256 g/mol. The lowest BCUT2D eigenvalue weighted by Gasteiger charge is -2.21. The van der Waals surface area contributed by atoms with Crippen LogP contribution in [-0.4, -0.2) is 7.11 Å². The second-order valence-electron chi connectivity index (χ2n) is 5.34. The fourth-order valence-electron chi connectivity index (χ4n) is 3.24. The molecule has 0 bridgehead atoms. The van der Waals surface area contributed by atoms with Gasteiger partial charge in [-0.15, -0.1) is 0 Å². The summed E-state index contributed by atoms with van der Waals surface area (Å²) in [7, 11) is 1.74. The predicted molar refractivity (Wildman–Crippen MR) is 88.3 cm³/mol. The maximum atomic E-state index is 5.52. The smallest absolute Gasteiger partial charge is 0.123 e. The van der Waals surface area contributed by atoms with Crippen LogP contribution in [0.4, 0.5) is 0 Å². The molecule has 4 rings (SSSR count). The van der Waals surface area contributed by atoms with Crippen molar-refractivity contribution in [3.63, 3.8) is 0 Å². The highest BCUT2D eigenvalue weighted by Crippen LogP contribution is 2.41. The average Bonchev–Trinajstić information content (AvgIpc) is 2.98. The molecule has 0 radical (unpaired) electrons. The van der Waals surface area contributed by atoms with Crippen LogP contribution in [0, 0.1) is 0 Å². The third-order valence-corrected chi connectivity index (χ3v) is 4.23. The third-order valence-electron chi connectivity index (χ3n) is 4.23. The van der Waals surface area contributed by atoms with Gasteiger partial charge in [0.2, 0.25) is 0 Å². The van der Waals surface area contributed by atoms with Crippen LogP contribution in [0.15, 0.2) is 60.7 Å². The van der Waals surface area contributed by atoms with E-state index in [2.05, 4.69) is 66.8 Å². The van der Waals surface area contributed by atoms with Crippen LogP contribution in [0.1, 0.15) is 28.7 Å². The Labute approximate surface area is 124 Å². The Morgan fingerprint density at radius 1 is 0.810 bits per heavy atom. The van der Waals surface area contributed by atoms with Crippen LogP contribution in [-0.2, 0) is 4.74 Å². The fraction of sp³-hybridized carbons (Fsp3) is 0.100. The predicted octanol–water partition coefficient (Wildman–Crippen LogP) is 5.02. The van der Waals surface area contributed by atoms with Gasteiger partial charge in [0.1, 0.15) is 5.76 Å². The van der Waals surface area contributed by atoms with Crippen molar-refractivity contribution in [1.29, 1.82) is 0 Å². The first-order valence-electron chi connectivity index (χ1n) is 7.23. The quantitative estimate of drug-likeness (QED) is 0.708. The van der Waals surface area contributed by atoms with Crippen molar-refractivity contribution in [3.05, 3.63) is 82.9 Å². The number of hydrogen-bond acceptors (Lipinski definition) is 1. The van der Waals surface area contributed by atoms with Gasteiger partial charge in [0.05, 0.1) is 7.11 Å². The van der Waals surface area contributed by atoms with Crippen LogP contribution >= 0.6 is 0 Å². The first-order valence-corrected chi connectivity index (χ1v) is 7.23. The highest BCUT2D eigenvalue weighted by molar-refractivity contribution is 6.05. The first-order chi connectivity index (χ1) is 10.4. The van der Waals surface area contributed by atoms with Gasteiger partial charge in [-0.3, -0.25) is 0 Å². The van der Waals surface area contributed by atoms with E-state index in [4.69, 9.17) is 4.74 Å². The van der Waals surface area contributed by atoms with E-state index in [1.165, 1.54) is 33.4 Å². The molecule has 102 valence electrons. The van der Waals surface area contributed by atoms with Gasteiger partial charge in [0, 0.05) is 5.56 Å². The van der Waals surface area contributed by atoms with E-state index < -0.39 is 0 Å². The average molecular weight is 272 g/mol. The second kappa shape index (κ2) is 4.78. The largest absolute Gasteiger partial charge is 0.496 e. The number of methoxy groups -OCH3 is 1. The highest BCUT2D eigenvalue weighted by Gasteiger charge is 2.21. The lowest BCUT2D eigenvalue weighted by atomic mass is 9.86. The summed E-state index contributed by atoms with van der Waals surface area (Å²) in [6.45, 7) is 0. The summed E-state index contributed by atoms with van der Waals surface area (Å²) >= 11 is 0. The summed E-state index contributed by atoms with van der Waals surface area (Å²) in [6.07, 6.45) is 7.53. The second-order valence-corrected chi connectivity index (χ2v) is 5.34. The standard InChI is InChI=1S/C20H16O/c1-21-20-13-12-18(16-8-4-5-9-19(16)20)17-11-10-14-6-2-3-7-15(14)17/h2-11,13H,12H2,1H3/b18-17-. The number of benzene rings is 2. The zero-order valence-electron chi connectivity index (χ0n) is 12.0. The minimum Gasteiger partial charge on any atom is -0.496 e. The van der Waals surface area contributed by atoms with E-state index >= 15 is 0 Å². The minimum absolute atomic E-state index is 0.911. The van der Waals surface area contributed by atoms with E-state index in [9.17, 15) is 0 Å². The van der Waals surface area contributed by atoms with Gasteiger partial charge in [-0.05, 0) is 40.3 Å². The molecule has 2 aliphatic rings. The van der Waals surface area contributed by atoms with Crippen molar-refractivity contribution in [2.45, 2.75) is 6.42 Å². The SMILES string of the molecule is COC1=CC/C(=C2\C=Cc3ccccc32)c2ccccc21. The zero-order valence-corrected chi connectivity index (χ0v) is 12.0. The Morgan fingerprint density at radius 3 is 2.33 bits per heavy atom. The van der Waals surface area contributed by atoms with Crippen molar-refractivity contribution in [1.82, 2.24) is 0 Å². The molecule has 2 aromatic carbocycles. The van der Waals surface area contributed by atoms with Gasteiger partial charge in [-0.1, -0.05) is 60.7 Å². The van der Waals surface area contributed by atoms with Gasteiger partial charge >= 0.3 is 0 Å². The molecule has 0 aliphatic heterocycles. The Hall–Kier alpha value is -2.54. The van der Waals surface area contributed by atoms with Crippen LogP contribution in [0.25, 0.3) is 23.0 Å². The molecule has 0 fully saturated rings. The van der Waals surface area contributed by atoms with Crippen LogP contribution in [0.3, 0.4) is 0 Å². The van der Waals surface area contributed by atoms with E-state index in [1.54, 1.807) is 7.11 Å². The Kier molecular flexibility index (Phi) is 2.78. The Morgan fingerprint density at radius 2 is 1.52 bits per heavy atom. The molecule has 0 amide bonds. The molecule has 0 spiro atoms. The van der Waals surface area contributed by atoms with Gasteiger partial charge in [-0.2, -0.15) is 0 Å². The summed E-state index contributed by atoms with van der Waals surface area (Å²) in [5.74, 6) is 0.977. The molecule has 0 saturated heterocycles. The minimum atomic E-state index is 0.911. The number of fused-ring (bicyclic) bond motifs is 2. The van der Waals surface area contributed by atoms with Crippen LogP contribution in [0.2, 0.25) is 0 Å². The van der Waals surface area contributed by atoms with Crippen LogP contribution < -0.4 is 0 Å². The van der Waals surface area contributed by atoms with Gasteiger partial charge in [-0.25, -0.2) is 0 Å². The molecule has 1 nitrogen and oxygen atoms in total. The molecule has 2 aromatic rings. The van der Waals surface area contributed by atoms with Gasteiger partial charge in [0.15, 0.2) is 0 Å². The number of hydrogen-bond donors (Lipinski definition) is 0. The van der Waals surface area contributed by atoms with Crippen molar-refractivity contribution in [2.24, 2.45) is 0 Å². The highest BCUT2D eigenvalue weighted by atomic mass is 16.5. The zero-order chi connectivity index (χ0) is 14.2. The molecule has 0 saturated carbocycles. The van der Waals surface area contributed by atoms with Crippen molar-refractivity contribution >= 4 is 23.0 Å². The number of allylic oxidation sites excluding steroid dienone is 4. The Bertz CT molecular complexity index is 806. The van der Waals surface area contributed by atoms with E-state index in [-0.39, 0.29) is 0 Å². The molecule has 0 aromatic heterocycles.